The van der Waals surface area contributed by atoms with Crippen LogP contribution in [0.4, 0.5) is 0 Å². The van der Waals surface area contributed by atoms with Crippen LogP contribution in [0.15, 0.2) is 0 Å². The molecule has 74 valence electrons. The van der Waals surface area contributed by atoms with Crippen molar-refractivity contribution in [3.8, 4) is 0 Å². The fraction of sp³-hybridized carbons (Fsp3) is 0.900. The molecule has 0 aromatic heterocycles. The van der Waals surface area contributed by atoms with E-state index in [1.807, 2.05) is 0 Å². The monoisotopic (exact) mass is 183 g/mol. The second kappa shape index (κ2) is 2.98. The number of morpholine rings is 1. The van der Waals surface area contributed by atoms with Gasteiger partial charge in [0, 0.05) is 6.54 Å². The third-order valence-electron chi connectivity index (χ3n) is 3.33. The maximum atomic E-state index is 10.9. The number of hydrogen-bond acceptors (Lipinski definition) is 2. The average Bonchev–Trinajstić information content (AvgIpc) is 2.02. The molecule has 1 aliphatic carbocycles. The van der Waals surface area contributed by atoms with Gasteiger partial charge in [-0.05, 0) is 24.7 Å². The SMILES string of the molecule is CC(C)[C@H]1C[C@@]2(CNC(=O)CO2)C1. The molecule has 2 rings (SSSR count). The fourth-order valence-electron chi connectivity index (χ4n) is 2.21. The van der Waals surface area contributed by atoms with Gasteiger partial charge in [0.25, 0.3) is 0 Å². The maximum absolute atomic E-state index is 10.9. The fourth-order valence-corrected chi connectivity index (χ4v) is 2.21. The highest BCUT2D eigenvalue weighted by molar-refractivity contribution is 5.78. The van der Waals surface area contributed by atoms with Crippen LogP contribution >= 0.6 is 0 Å². The van der Waals surface area contributed by atoms with Gasteiger partial charge in [-0.15, -0.1) is 0 Å². The normalized spacial score (nSPS) is 39.0. The zero-order valence-electron chi connectivity index (χ0n) is 8.30. The van der Waals surface area contributed by atoms with Crippen molar-refractivity contribution in [2.75, 3.05) is 13.2 Å². The lowest BCUT2D eigenvalue weighted by atomic mass is 9.65. The van der Waals surface area contributed by atoms with E-state index in [2.05, 4.69) is 19.2 Å². The van der Waals surface area contributed by atoms with Crippen LogP contribution in [0.25, 0.3) is 0 Å². The third kappa shape index (κ3) is 1.57. The summed E-state index contributed by atoms with van der Waals surface area (Å²) in [6.45, 7) is 5.47. The smallest absolute Gasteiger partial charge is 0.246 e. The largest absolute Gasteiger partial charge is 0.363 e. The molecule has 1 saturated heterocycles. The van der Waals surface area contributed by atoms with Crippen LogP contribution in [-0.2, 0) is 9.53 Å². The van der Waals surface area contributed by atoms with Gasteiger partial charge >= 0.3 is 0 Å². The highest BCUT2D eigenvalue weighted by atomic mass is 16.5. The van der Waals surface area contributed by atoms with Crippen LogP contribution in [0.3, 0.4) is 0 Å². The van der Waals surface area contributed by atoms with E-state index in [9.17, 15) is 4.79 Å². The van der Waals surface area contributed by atoms with Crippen molar-refractivity contribution in [1.29, 1.82) is 0 Å². The molecule has 0 radical (unpaired) electrons. The Balaban J connectivity index is 1.86. The number of carbonyl (C=O) groups is 1. The minimum atomic E-state index is 0.00282. The van der Waals surface area contributed by atoms with Crippen molar-refractivity contribution in [3.05, 3.63) is 0 Å². The van der Waals surface area contributed by atoms with E-state index in [-0.39, 0.29) is 18.1 Å². The summed E-state index contributed by atoms with van der Waals surface area (Å²) in [7, 11) is 0. The van der Waals surface area contributed by atoms with E-state index in [1.54, 1.807) is 0 Å². The lowest BCUT2D eigenvalue weighted by Gasteiger charge is -2.50. The van der Waals surface area contributed by atoms with Crippen molar-refractivity contribution in [2.24, 2.45) is 11.8 Å². The second-order valence-electron chi connectivity index (χ2n) is 4.66. The van der Waals surface area contributed by atoms with Gasteiger partial charge in [0.2, 0.25) is 5.91 Å². The van der Waals surface area contributed by atoms with E-state index in [1.165, 1.54) is 0 Å². The van der Waals surface area contributed by atoms with Gasteiger partial charge < -0.3 is 10.1 Å². The van der Waals surface area contributed by atoms with Gasteiger partial charge in [0.05, 0.1) is 5.60 Å². The van der Waals surface area contributed by atoms with Gasteiger partial charge in [0.1, 0.15) is 6.61 Å². The first kappa shape index (κ1) is 9.00. The zero-order chi connectivity index (χ0) is 9.47. The second-order valence-corrected chi connectivity index (χ2v) is 4.66. The molecule has 1 aliphatic heterocycles. The first-order chi connectivity index (χ1) is 6.11. The summed E-state index contributed by atoms with van der Waals surface area (Å²) in [5, 5.41) is 2.87. The molecule has 3 nitrogen and oxygen atoms in total. The summed E-state index contributed by atoms with van der Waals surface area (Å²) >= 11 is 0. The average molecular weight is 183 g/mol. The van der Waals surface area contributed by atoms with Crippen molar-refractivity contribution in [1.82, 2.24) is 5.32 Å². The minimum Gasteiger partial charge on any atom is -0.363 e. The Morgan fingerprint density at radius 2 is 2.23 bits per heavy atom. The molecule has 2 fully saturated rings. The van der Waals surface area contributed by atoms with Crippen LogP contribution in [0.5, 0.6) is 0 Å². The van der Waals surface area contributed by atoms with E-state index in [0.29, 0.717) is 0 Å². The Labute approximate surface area is 78.8 Å². The van der Waals surface area contributed by atoms with Gasteiger partial charge in [-0.3, -0.25) is 4.79 Å². The van der Waals surface area contributed by atoms with E-state index in [4.69, 9.17) is 4.74 Å². The van der Waals surface area contributed by atoms with Gasteiger partial charge in [0.15, 0.2) is 0 Å². The van der Waals surface area contributed by atoms with E-state index >= 15 is 0 Å². The lowest BCUT2D eigenvalue weighted by molar-refractivity contribution is -0.170. The van der Waals surface area contributed by atoms with Crippen LogP contribution in [0, 0.1) is 11.8 Å². The molecular weight excluding hydrogens is 166 g/mol. The zero-order valence-corrected chi connectivity index (χ0v) is 8.30. The first-order valence-corrected chi connectivity index (χ1v) is 5.02. The summed E-state index contributed by atoms with van der Waals surface area (Å²) in [6, 6.07) is 0. The van der Waals surface area contributed by atoms with Crippen LogP contribution < -0.4 is 5.32 Å². The summed E-state index contributed by atoms with van der Waals surface area (Å²) in [4.78, 5) is 10.9. The third-order valence-corrected chi connectivity index (χ3v) is 3.33. The number of rotatable bonds is 1. The molecule has 1 heterocycles. The van der Waals surface area contributed by atoms with Gasteiger partial charge in [-0.25, -0.2) is 0 Å². The molecule has 3 heteroatoms. The Bertz CT molecular complexity index is 207. The molecule has 0 unspecified atom stereocenters. The van der Waals surface area contributed by atoms with Gasteiger partial charge in [-0.2, -0.15) is 0 Å². The molecule has 0 bridgehead atoms. The van der Waals surface area contributed by atoms with Crippen LogP contribution in [-0.4, -0.2) is 24.7 Å². The highest BCUT2D eigenvalue weighted by Gasteiger charge is 2.48. The maximum Gasteiger partial charge on any atom is 0.246 e. The minimum absolute atomic E-state index is 0.00282. The molecule has 0 aromatic carbocycles. The number of ether oxygens (including phenoxy) is 1. The molecule has 1 spiro atoms. The van der Waals surface area contributed by atoms with Crippen molar-refractivity contribution in [2.45, 2.75) is 32.3 Å². The van der Waals surface area contributed by atoms with Crippen molar-refractivity contribution in [3.63, 3.8) is 0 Å². The molecule has 0 aromatic rings. The molecule has 1 saturated carbocycles. The molecular formula is C10H17NO2. The number of nitrogens with one attached hydrogen (secondary N) is 1. The van der Waals surface area contributed by atoms with E-state index in [0.717, 1.165) is 31.2 Å². The highest BCUT2D eigenvalue weighted by Crippen LogP contribution is 2.45. The number of hydrogen-bond donors (Lipinski definition) is 1. The molecule has 0 atom stereocenters. The molecule has 2 aliphatic rings. The standard InChI is InChI=1S/C10H17NO2/c1-7(2)8-3-10(4-8)6-11-9(12)5-13-10/h7-8H,3-6H2,1-2H3,(H,11,12)/t8-,10-. The summed E-state index contributed by atoms with van der Waals surface area (Å²) in [6.07, 6.45) is 2.23. The summed E-state index contributed by atoms with van der Waals surface area (Å²) < 4.78 is 5.58. The molecule has 13 heavy (non-hydrogen) atoms. The van der Waals surface area contributed by atoms with Crippen LogP contribution in [0.2, 0.25) is 0 Å². The lowest BCUT2D eigenvalue weighted by Crippen LogP contribution is -2.59. The van der Waals surface area contributed by atoms with Gasteiger partial charge in [-0.1, -0.05) is 13.8 Å². The Morgan fingerprint density at radius 1 is 1.54 bits per heavy atom. The Morgan fingerprint density at radius 3 is 2.69 bits per heavy atom. The number of amides is 1. The predicted octanol–water partition coefficient (Wildman–Crippen LogP) is 0.938. The molecule has 1 N–H and O–H groups in total. The summed E-state index contributed by atoms with van der Waals surface area (Å²) in [5.41, 5.74) is 0.00282. The Hall–Kier alpha value is -0.570. The predicted molar refractivity (Wildman–Crippen MR) is 49.3 cm³/mol. The van der Waals surface area contributed by atoms with Crippen molar-refractivity contribution < 1.29 is 9.53 Å². The Kier molecular flexibility index (Phi) is 2.06. The number of carbonyl (C=O) groups excluding carboxylic acids is 1. The summed E-state index contributed by atoms with van der Waals surface area (Å²) in [5.74, 6) is 1.56. The topological polar surface area (TPSA) is 38.3 Å². The van der Waals surface area contributed by atoms with E-state index < -0.39 is 0 Å². The van der Waals surface area contributed by atoms with Crippen molar-refractivity contribution >= 4 is 5.91 Å². The molecule has 1 amide bonds. The quantitative estimate of drug-likeness (QED) is 0.657. The van der Waals surface area contributed by atoms with Crippen LogP contribution in [0.1, 0.15) is 26.7 Å². The first-order valence-electron chi connectivity index (χ1n) is 5.02.